The number of hydrogen-bond donors (Lipinski definition) is 1. The Labute approximate surface area is 109 Å². The number of hydrogen-bond acceptors (Lipinski definition) is 3. The second-order valence-corrected chi connectivity index (χ2v) is 4.53. The first kappa shape index (κ1) is 12.4. The Bertz CT molecular complexity index is 536. The van der Waals surface area contributed by atoms with Crippen LogP contribution in [0.4, 0.5) is 0 Å². The summed E-state index contributed by atoms with van der Waals surface area (Å²) in [6.07, 6.45) is 0.611. The van der Waals surface area contributed by atoms with E-state index in [4.69, 9.17) is 28.9 Å². The summed E-state index contributed by atoms with van der Waals surface area (Å²) in [5.41, 5.74) is 6.46. The van der Waals surface area contributed by atoms with Crippen molar-refractivity contribution in [3.05, 3.63) is 45.5 Å². The minimum absolute atomic E-state index is 0.336. The molecule has 0 aliphatic rings. The van der Waals surface area contributed by atoms with Gasteiger partial charge in [0, 0.05) is 23.5 Å². The molecule has 0 radical (unpaired) electrons. The third-order valence-electron chi connectivity index (χ3n) is 2.44. The summed E-state index contributed by atoms with van der Waals surface area (Å²) in [4.78, 5) is 4.32. The van der Waals surface area contributed by atoms with E-state index in [1.807, 2.05) is 19.2 Å². The van der Waals surface area contributed by atoms with Crippen LogP contribution in [0.5, 0.6) is 0 Å². The molecule has 1 aromatic heterocycles. The SMILES string of the molecule is Cn1nc(CN)nc1Cc1ccc(Cl)cc1Cl. The van der Waals surface area contributed by atoms with Crippen LogP contribution in [0.15, 0.2) is 18.2 Å². The fourth-order valence-corrected chi connectivity index (χ4v) is 2.03. The summed E-state index contributed by atoms with van der Waals surface area (Å²) < 4.78 is 1.72. The largest absolute Gasteiger partial charge is 0.324 e. The summed E-state index contributed by atoms with van der Waals surface area (Å²) in [6, 6.07) is 5.42. The summed E-state index contributed by atoms with van der Waals surface area (Å²) in [6.45, 7) is 0.336. The number of aromatic nitrogens is 3. The summed E-state index contributed by atoms with van der Waals surface area (Å²) in [5.74, 6) is 1.46. The van der Waals surface area contributed by atoms with E-state index >= 15 is 0 Å². The third kappa shape index (κ3) is 2.77. The van der Waals surface area contributed by atoms with E-state index in [-0.39, 0.29) is 0 Å². The molecule has 0 aliphatic heterocycles. The molecule has 90 valence electrons. The van der Waals surface area contributed by atoms with Crippen molar-refractivity contribution in [2.24, 2.45) is 12.8 Å². The van der Waals surface area contributed by atoms with E-state index in [0.717, 1.165) is 11.4 Å². The summed E-state index contributed by atoms with van der Waals surface area (Å²) >= 11 is 11.9. The Morgan fingerprint density at radius 3 is 2.71 bits per heavy atom. The highest BCUT2D eigenvalue weighted by atomic mass is 35.5. The monoisotopic (exact) mass is 270 g/mol. The Morgan fingerprint density at radius 2 is 2.12 bits per heavy atom. The first-order valence-corrected chi connectivity index (χ1v) is 5.88. The van der Waals surface area contributed by atoms with Gasteiger partial charge in [-0.2, -0.15) is 5.10 Å². The van der Waals surface area contributed by atoms with Crippen molar-refractivity contribution in [1.29, 1.82) is 0 Å². The van der Waals surface area contributed by atoms with Crippen molar-refractivity contribution >= 4 is 23.2 Å². The van der Waals surface area contributed by atoms with Gasteiger partial charge < -0.3 is 5.73 Å². The van der Waals surface area contributed by atoms with Gasteiger partial charge in [-0.05, 0) is 17.7 Å². The number of halogens is 2. The summed E-state index contributed by atoms with van der Waals surface area (Å²) in [5, 5.41) is 5.44. The van der Waals surface area contributed by atoms with E-state index in [2.05, 4.69) is 10.1 Å². The van der Waals surface area contributed by atoms with E-state index in [9.17, 15) is 0 Å². The zero-order chi connectivity index (χ0) is 12.4. The molecule has 0 fully saturated rings. The number of nitrogens with zero attached hydrogens (tertiary/aromatic N) is 3. The molecule has 2 aromatic rings. The van der Waals surface area contributed by atoms with Crippen LogP contribution in [0.3, 0.4) is 0 Å². The van der Waals surface area contributed by atoms with Crippen LogP contribution < -0.4 is 5.73 Å². The molecule has 17 heavy (non-hydrogen) atoms. The lowest BCUT2D eigenvalue weighted by Crippen LogP contribution is -2.01. The zero-order valence-electron chi connectivity index (χ0n) is 9.32. The van der Waals surface area contributed by atoms with Crippen LogP contribution in [0.2, 0.25) is 10.0 Å². The molecule has 0 amide bonds. The van der Waals surface area contributed by atoms with Gasteiger partial charge in [0.1, 0.15) is 5.82 Å². The third-order valence-corrected chi connectivity index (χ3v) is 3.03. The first-order chi connectivity index (χ1) is 8.10. The van der Waals surface area contributed by atoms with Crippen molar-refractivity contribution < 1.29 is 0 Å². The first-order valence-electron chi connectivity index (χ1n) is 5.13. The topological polar surface area (TPSA) is 56.7 Å². The second kappa shape index (κ2) is 5.04. The predicted octanol–water partition coefficient (Wildman–Crippen LogP) is 2.17. The quantitative estimate of drug-likeness (QED) is 0.930. The number of aryl methyl sites for hydroxylation is 1. The van der Waals surface area contributed by atoms with Crippen LogP contribution in [-0.2, 0) is 20.0 Å². The van der Waals surface area contributed by atoms with Crippen molar-refractivity contribution in [2.45, 2.75) is 13.0 Å². The maximum Gasteiger partial charge on any atom is 0.164 e. The fourth-order valence-electron chi connectivity index (χ4n) is 1.55. The van der Waals surface area contributed by atoms with Gasteiger partial charge in [0.15, 0.2) is 5.82 Å². The normalized spacial score (nSPS) is 10.8. The highest BCUT2D eigenvalue weighted by Gasteiger charge is 2.09. The van der Waals surface area contributed by atoms with E-state index in [1.165, 1.54) is 0 Å². The van der Waals surface area contributed by atoms with Crippen LogP contribution >= 0.6 is 23.2 Å². The zero-order valence-corrected chi connectivity index (χ0v) is 10.8. The van der Waals surface area contributed by atoms with Gasteiger partial charge in [-0.15, -0.1) is 0 Å². The maximum absolute atomic E-state index is 6.11. The average Bonchev–Trinajstić information content (AvgIpc) is 2.64. The Kier molecular flexibility index (Phi) is 3.66. The van der Waals surface area contributed by atoms with E-state index in [0.29, 0.717) is 28.8 Å². The Morgan fingerprint density at radius 1 is 1.35 bits per heavy atom. The summed E-state index contributed by atoms with van der Waals surface area (Å²) in [7, 11) is 1.84. The molecule has 1 aromatic carbocycles. The van der Waals surface area contributed by atoms with E-state index < -0.39 is 0 Å². The predicted molar refractivity (Wildman–Crippen MR) is 68.2 cm³/mol. The van der Waals surface area contributed by atoms with Crippen molar-refractivity contribution in [2.75, 3.05) is 0 Å². The van der Waals surface area contributed by atoms with Crippen LogP contribution in [0.1, 0.15) is 17.2 Å². The van der Waals surface area contributed by atoms with Crippen molar-refractivity contribution in [1.82, 2.24) is 14.8 Å². The molecule has 6 heteroatoms. The van der Waals surface area contributed by atoms with Gasteiger partial charge in [0.2, 0.25) is 0 Å². The Hall–Kier alpha value is -1.10. The molecule has 4 nitrogen and oxygen atoms in total. The highest BCUT2D eigenvalue weighted by molar-refractivity contribution is 6.35. The molecule has 0 unspecified atom stereocenters. The highest BCUT2D eigenvalue weighted by Crippen LogP contribution is 2.22. The molecule has 0 saturated heterocycles. The average molecular weight is 271 g/mol. The molecule has 0 atom stereocenters. The minimum atomic E-state index is 0.336. The number of rotatable bonds is 3. The van der Waals surface area contributed by atoms with Crippen molar-refractivity contribution in [3.8, 4) is 0 Å². The lowest BCUT2D eigenvalue weighted by molar-refractivity contribution is 0.706. The second-order valence-electron chi connectivity index (χ2n) is 3.68. The molecular weight excluding hydrogens is 259 g/mol. The van der Waals surface area contributed by atoms with Crippen LogP contribution in [-0.4, -0.2) is 14.8 Å². The van der Waals surface area contributed by atoms with Crippen molar-refractivity contribution in [3.63, 3.8) is 0 Å². The smallest absolute Gasteiger partial charge is 0.164 e. The number of nitrogens with two attached hydrogens (primary N) is 1. The Balaban J connectivity index is 2.27. The van der Waals surface area contributed by atoms with Gasteiger partial charge in [-0.1, -0.05) is 29.3 Å². The molecule has 0 spiro atoms. The lowest BCUT2D eigenvalue weighted by atomic mass is 10.1. The standard InChI is InChI=1S/C11H12Cl2N4/c1-17-11(15-10(6-14)16-17)4-7-2-3-8(12)5-9(7)13/h2-3,5H,4,6,14H2,1H3. The molecule has 2 N–H and O–H groups in total. The number of benzene rings is 1. The fraction of sp³-hybridized carbons (Fsp3) is 0.273. The van der Waals surface area contributed by atoms with Gasteiger partial charge in [-0.25, -0.2) is 4.98 Å². The molecule has 1 heterocycles. The molecule has 0 saturated carbocycles. The molecular formula is C11H12Cl2N4. The van der Waals surface area contributed by atoms with E-state index in [1.54, 1.807) is 10.7 Å². The maximum atomic E-state index is 6.11. The van der Waals surface area contributed by atoms with Gasteiger partial charge >= 0.3 is 0 Å². The minimum Gasteiger partial charge on any atom is -0.324 e. The lowest BCUT2D eigenvalue weighted by Gasteiger charge is -2.03. The van der Waals surface area contributed by atoms with Gasteiger partial charge in [-0.3, -0.25) is 4.68 Å². The van der Waals surface area contributed by atoms with Crippen LogP contribution in [0, 0.1) is 0 Å². The van der Waals surface area contributed by atoms with Gasteiger partial charge in [0.25, 0.3) is 0 Å². The molecule has 2 rings (SSSR count). The molecule has 0 aliphatic carbocycles. The van der Waals surface area contributed by atoms with Crippen LogP contribution in [0.25, 0.3) is 0 Å². The molecule has 0 bridgehead atoms. The van der Waals surface area contributed by atoms with Gasteiger partial charge in [0.05, 0.1) is 6.54 Å².